The number of aromatic nitrogens is 3. The lowest BCUT2D eigenvalue weighted by Crippen LogP contribution is -2.59. The van der Waals surface area contributed by atoms with Gasteiger partial charge in [-0.25, -0.2) is 4.79 Å². The highest BCUT2D eigenvalue weighted by Crippen LogP contribution is 2.43. The number of nitrogens with one attached hydrogen (secondary N) is 1. The third kappa shape index (κ3) is 6.35. The standard InChI is InChI=1S/C26H42IN5O4Si/c1-25(2,3)36-24(34)29-26(4)13-17-9-10-18(14-26)32(17)23-28-21-20(22(33)30(23)5)19(27)15-31(21)16-35-11-12-37(6,7)8/h15,17-18H,9-14,16H2,1-8H3,(H,29,34)/t17-,18+,26+. The summed E-state index contributed by atoms with van der Waals surface area (Å²) in [4.78, 5) is 33.4. The van der Waals surface area contributed by atoms with Crippen LogP contribution in [0.1, 0.15) is 53.4 Å². The van der Waals surface area contributed by atoms with Crippen molar-refractivity contribution >= 4 is 53.7 Å². The number of hydrogen-bond acceptors (Lipinski definition) is 6. The van der Waals surface area contributed by atoms with E-state index >= 15 is 0 Å². The van der Waals surface area contributed by atoms with Gasteiger partial charge in [0.1, 0.15) is 12.3 Å². The molecule has 2 bridgehead atoms. The topological polar surface area (TPSA) is 90.6 Å². The fraction of sp³-hybridized carbons (Fsp3) is 0.731. The van der Waals surface area contributed by atoms with Gasteiger partial charge in [0.2, 0.25) is 5.95 Å². The van der Waals surface area contributed by atoms with Crippen molar-refractivity contribution in [1.82, 2.24) is 19.4 Å². The fourth-order valence-corrected chi connectivity index (χ4v) is 7.16. The molecule has 2 aliphatic heterocycles. The Morgan fingerprint density at radius 2 is 1.86 bits per heavy atom. The number of carbonyl (C=O) groups is 1. The first kappa shape index (κ1) is 28.4. The molecule has 37 heavy (non-hydrogen) atoms. The molecule has 3 atom stereocenters. The second-order valence-corrected chi connectivity index (χ2v) is 19.9. The molecule has 2 fully saturated rings. The molecule has 4 heterocycles. The third-order valence-electron chi connectivity index (χ3n) is 7.28. The van der Waals surface area contributed by atoms with Crippen LogP contribution < -0.4 is 15.8 Å². The molecule has 2 aromatic rings. The summed E-state index contributed by atoms with van der Waals surface area (Å²) in [5.74, 6) is 0.696. The van der Waals surface area contributed by atoms with E-state index in [1.54, 1.807) is 4.57 Å². The summed E-state index contributed by atoms with van der Waals surface area (Å²) in [6.45, 7) is 15.8. The van der Waals surface area contributed by atoms with E-state index in [0.29, 0.717) is 30.3 Å². The van der Waals surface area contributed by atoms with Crippen molar-refractivity contribution in [3.8, 4) is 0 Å². The zero-order valence-electron chi connectivity index (χ0n) is 23.5. The number of carbonyl (C=O) groups excluding carboxylic acids is 1. The molecular formula is C26H42IN5O4Si. The Hall–Kier alpha value is -1.60. The summed E-state index contributed by atoms with van der Waals surface area (Å²) >= 11 is 2.22. The first-order chi connectivity index (χ1) is 17.1. The molecule has 206 valence electrons. The molecular weight excluding hydrogens is 601 g/mol. The Labute approximate surface area is 234 Å². The van der Waals surface area contributed by atoms with Crippen LogP contribution in [0.3, 0.4) is 0 Å². The fourth-order valence-electron chi connectivity index (χ4n) is 5.59. The quantitative estimate of drug-likeness (QED) is 0.258. The number of fused-ring (bicyclic) bond motifs is 3. The van der Waals surface area contributed by atoms with Crippen molar-refractivity contribution in [2.24, 2.45) is 7.05 Å². The molecule has 0 aromatic carbocycles. The van der Waals surface area contributed by atoms with Gasteiger partial charge in [-0.15, -0.1) is 0 Å². The average molecular weight is 644 g/mol. The lowest BCUT2D eigenvalue weighted by Gasteiger charge is -2.45. The predicted octanol–water partition coefficient (Wildman–Crippen LogP) is 5.07. The summed E-state index contributed by atoms with van der Waals surface area (Å²) in [7, 11) is 0.634. The molecule has 2 aliphatic rings. The van der Waals surface area contributed by atoms with E-state index in [9.17, 15) is 9.59 Å². The summed E-state index contributed by atoms with van der Waals surface area (Å²) in [5.41, 5.74) is -0.268. The van der Waals surface area contributed by atoms with Gasteiger partial charge >= 0.3 is 6.09 Å². The van der Waals surface area contributed by atoms with Gasteiger partial charge in [0, 0.05) is 49.1 Å². The maximum atomic E-state index is 13.5. The molecule has 0 unspecified atom stereocenters. The molecule has 0 spiro atoms. The van der Waals surface area contributed by atoms with Gasteiger partial charge in [0.25, 0.3) is 5.56 Å². The summed E-state index contributed by atoms with van der Waals surface area (Å²) < 4.78 is 16.1. The third-order valence-corrected chi connectivity index (χ3v) is 9.80. The maximum Gasteiger partial charge on any atom is 0.408 e. The largest absolute Gasteiger partial charge is 0.444 e. The Morgan fingerprint density at radius 1 is 1.24 bits per heavy atom. The molecule has 11 heteroatoms. The van der Waals surface area contributed by atoms with Crippen molar-refractivity contribution in [3.05, 3.63) is 20.1 Å². The van der Waals surface area contributed by atoms with Gasteiger partial charge in [-0.1, -0.05) is 19.6 Å². The maximum absolute atomic E-state index is 13.5. The van der Waals surface area contributed by atoms with Gasteiger partial charge in [0.15, 0.2) is 5.65 Å². The number of anilines is 1. The second kappa shape index (κ2) is 10.2. The van der Waals surface area contributed by atoms with Crippen molar-refractivity contribution in [3.63, 3.8) is 0 Å². The molecule has 2 aromatic heterocycles. The summed E-state index contributed by atoms with van der Waals surface area (Å²) in [6.07, 6.45) is 5.14. The molecule has 9 nitrogen and oxygen atoms in total. The van der Waals surface area contributed by atoms with Gasteiger partial charge < -0.3 is 24.3 Å². The number of ether oxygens (including phenoxy) is 2. The summed E-state index contributed by atoms with van der Waals surface area (Å²) in [5, 5.41) is 3.78. The average Bonchev–Trinajstić information content (AvgIpc) is 3.19. The normalized spacial score (nSPS) is 24.1. The van der Waals surface area contributed by atoms with Crippen molar-refractivity contribution in [2.75, 3.05) is 11.5 Å². The summed E-state index contributed by atoms with van der Waals surface area (Å²) in [6, 6.07) is 1.46. The first-order valence-corrected chi connectivity index (χ1v) is 18.0. The Balaban J connectivity index is 1.58. The van der Waals surface area contributed by atoms with Crippen LogP contribution in [0.2, 0.25) is 25.7 Å². The van der Waals surface area contributed by atoms with Gasteiger partial charge in [-0.3, -0.25) is 9.36 Å². The molecule has 1 N–H and O–H groups in total. The van der Waals surface area contributed by atoms with Crippen LogP contribution >= 0.6 is 22.6 Å². The molecule has 2 saturated heterocycles. The van der Waals surface area contributed by atoms with E-state index in [1.807, 2.05) is 38.6 Å². The van der Waals surface area contributed by atoms with Crippen molar-refractivity contribution in [1.29, 1.82) is 0 Å². The Morgan fingerprint density at radius 3 is 2.43 bits per heavy atom. The number of hydrogen-bond donors (Lipinski definition) is 1. The van der Waals surface area contributed by atoms with Crippen LogP contribution in [0.25, 0.3) is 11.0 Å². The highest BCUT2D eigenvalue weighted by Gasteiger charge is 2.48. The van der Waals surface area contributed by atoms with E-state index in [4.69, 9.17) is 14.5 Å². The van der Waals surface area contributed by atoms with Crippen LogP contribution in [0.4, 0.5) is 10.7 Å². The zero-order chi connectivity index (χ0) is 27.3. The smallest absolute Gasteiger partial charge is 0.408 e. The van der Waals surface area contributed by atoms with Crippen LogP contribution in [0, 0.1) is 3.57 Å². The lowest BCUT2D eigenvalue weighted by molar-refractivity contribution is 0.0437. The number of nitrogens with zero attached hydrogens (tertiary/aromatic N) is 4. The van der Waals surface area contributed by atoms with Crippen molar-refractivity contribution in [2.45, 2.75) is 109 Å². The van der Waals surface area contributed by atoms with E-state index in [0.717, 1.165) is 35.3 Å². The minimum Gasteiger partial charge on any atom is -0.444 e. The van der Waals surface area contributed by atoms with E-state index in [-0.39, 0.29) is 29.3 Å². The van der Waals surface area contributed by atoms with E-state index in [1.165, 1.54) is 0 Å². The predicted molar refractivity (Wildman–Crippen MR) is 158 cm³/mol. The van der Waals surface area contributed by atoms with Gasteiger partial charge in [-0.2, -0.15) is 4.98 Å². The van der Waals surface area contributed by atoms with Crippen LogP contribution in [0.5, 0.6) is 0 Å². The van der Waals surface area contributed by atoms with Crippen LogP contribution in [-0.2, 0) is 23.3 Å². The van der Waals surface area contributed by atoms with Crippen LogP contribution in [-0.4, -0.2) is 58.1 Å². The van der Waals surface area contributed by atoms with Crippen molar-refractivity contribution < 1.29 is 14.3 Å². The highest BCUT2D eigenvalue weighted by molar-refractivity contribution is 14.1. The SMILES string of the molecule is Cn1c(N2[C@@H]3CC[C@H]2C[C@@](C)(NC(=O)OC(C)(C)C)C3)nc2c(c(I)cn2COCC[Si](C)(C)C)c1=O. The molecule has 0 radical (unpaired) electrons. The number of alkyl carbamates (subject to hydrolysis) is 1. The second-order valence-electron chi connectivity index (χ2n) is 13.2. The van der Waals surface area contributed by atoms with E-state index in [2.05, 4.69) is 59.4 Å². The van der Waals surface area contributed by atoms with Gasteiger partial charge in [0.05, 0.1) is 5.39 Å². The monoisotopic (exact) mass is 643 g/mol. The molecule has 0 saturated carbocycles. The Kier molecular flexibility index (Phi) is 7.81. The molecule has 4 rings (SSSR count). The molecule has 0 aliphatic carbocycles. The van der Waals surface area contributed by atoms with Crippen LogP contribution in [0.15, 0.2) is 11.0 Å². The lowest BCUT2D eigenvalue weighted by atomic mass is 9.84. The number of piperidine rings is 1. The first-order valence-electron chi connectivity index (χ1n) is 13.2. The molecule has 1 amide bonds. The minimum atomic E-state index is -1.18. The number of rotatable bonds is 7. The van der Waals surface area contributed by atoms with Gasteiger partial charge in [-0.05, 0) is 82.0 Å². The Bertz CT molecular complexity index is 1210. The van der Waals surface area contributed by atoms with E-state index < -0.39 is 13.7 Å². The zero-order valence-corrected chi connectivity index (χ0v) is 26.6. The highest BCUT2D eigenvalue weighted by atomic mass is 127. The number of halogens is 1. The number of amides is 1. The minimum absolute atomic E-state index is 0.0372.